The second-order valence-electron chi connectivity index (χ2n) is 7.86. The van der Waals surface area contributed by atoms with Gasteiger partial charge in [-0.1, -0.05) is 18.2 Å². The summed E-state index contributed by atoms with van der Waals surface area (Å²) >= 11 is 0. The zero-order valence-electron chi connectivity index (χ0n) is 17.0. The van der Waals surface area contributed by atoms with Crippen LogP contribution in [0.4, 0.5) is 18.0 Å². The average Bonchev–Trinajstić information content (AvgIpc) is 2.67. The van der Waals surface area contributed by atoms with Crippen LogP contribution in [0.3, 0.4) is 0 Å². The van der Waals surface area contributed by atoms with Gasteiger partial charge in [-0.15, -0.1) is 0 Å². The molecule has 0 N–H and O–H groups in total. The minimum atomic E-state index is -4.54. The molecule has 1 aromatic carbocycles. The number of para-hydroxylation sites is 1. The number of nitrogens with zero attached hydrogens (tertiary/aromatic N) is 2. The zero-order valence-corrected chi connectivity index (χ0v) is 17.0. The van der Waals surface area contributed by atoms with Crippen molar-refractivity contribution in [2.75, 3.05) is 13.1 Å². The van der Waals surface area contributed by atoms with E-state index in [-0.39, 0.29) is 11.6 Å². The van der Waals surface area contributed by atoms with E-state index in [2.05, 4.69) is 4.98 Å². The quantitative estimate of drug-likeness (QED) is 0.619. The molecule has 3 rings (SSSR count). The van der Waals surface area contributed by atoms with Crippen molar-refractivity contribution in [2.45, 2.75) is 39.0 Å². The van der Waals surface area contributed by atoms with Gasteiger partial charge in [0.05, 0.1) is 5.56 Å². The molecule has 5 nitrogen and oxygen atoms in total. The number of alkyl halides is 3. The highest BCUT2D eigenvalue weighted by Gasteiger charge is 2.34. The molecule has 0 aliphatic carbocycles. The molecule has 0 saturated carbocycles. The van der Waals surface area contributed by atoms with Crippen LogP contribution in [0, 0.1) is 0 Å². The Morgan fingerprint density at radius 2 is 1.83 bits per heavy atom. The molecule has 0 spiro atoms. The minimum Gasteiger partial charge on any atom is -0.444 e. The fourth-order valence-electron chi connectivity index (χ4n) is 3.02. The first-order valence-corrected chi connectivity index (χ1v) is 9.51. The Bertz CT molecular complexity index is 949. The van der Waals surface area contributed by atoms with Crippen LogP contribution in [0.25, 0.3) is 5.57 Å². The van der Waals surface area contributed by atoms with E-state index in [9.17, 15) is 18.0 Å². The largest absolute Gasteiger partial charge is 0.444 e. The molecule has 1 aliphatic heterocycles. The van der Waals surface area contributed by atoms with Crippen molar-refractivity contribution in [1.82, 2.24) is 9.88 Å². The molecular formula is C22H23F3N2O3. The van der Waals surface area contributed by atoms with E-state index in [1.165, 1.54) is 24.4 Å². The highest BCUT2D eigenvalue weighted by Crippen LogP contribution is 2.39. The van der Waals surface area contributed by atoms with Gasteiger partial charge in [0.2, 0.25) is 5.88 Å². The summed E-state index contributed by atoms with van der Waals surface area (Å²) < 4.78 is 50.8. The SMILES string of the molecule is CC(C)(C)OC(=O)N1CC=C(c2cccnc2Oc2ccccc2C(F)(F)F)CC1. The van der Waals surface area contributed by atoms with E-state index in [4.69, 9.17) is 9.47 Å². The monoisotopic (exact) mass is 420 g/mol. The molecule has 0 atom stereocenters. The van der Waals surface area contributed by atoms with Crippen LogP contribution < -0.4 is 4.74 Å². The normalized spacial score (nSPS) is 14.9. The van der Waals surface area contributed by atoms with E-state index in [0.717, 1.165) is 11.6 Å². The van der Waals surface area contributed by atoms with Gasteiger partial charge in [-0.25, -0.2) is 9.78 Å². The Morgan fingerprint density at radius 1 is 1.10 bits per heavy atom. The number of aromatic nitrogens is 1. The van der Waals surface area contributed by atoms with Crippen LogP contribution in [0.2, 0.25) is 0 Å². The Labute approximate surface area is 173 Å². The van der Waals surface area contributed by atoms with E-state index in [0.29, 0.717) is 25.1 Å². The summed E-state index contributed by atoms with van der Waals surface area (Å²) in [5.41, 5.74) is -0.00633. The van der Waals surface area contributed by atoms with Gasteiger partial charge >= 0.3 is 12.3 Å². The minimum absolute atomic E-state index is 0.0890. The van der Waals surface area contributed by atoms with Gasteiger partial charge in [-0.2, -0.15) is 13.2 Å². The number of halogens is 3. The number of ether oxygens (including phenoxy) is 2. The Kier molecular flexibility index (Phi) is 6.05. The van der Waals surface area contributed by atoms with E-state index >= 15 is 0 Å². The summed E-state index contributed by atoms with van der Waals surface area (Å²) in [5, 5.41) is 0. The molecule has 0 bridgehead atoms. The van der Waals surface area contributed by atoms with Crippen LogP contribution in [0.15, 0.2) is 48.7 Å². The number of carbonyl (C=O) groups is 1. The van der Waals surface area contributed by atoms with Crippen LogP contribution in [0.1, 0.15) is 38.3 Å². The lowest BCUT2D eigenvalue weighted by Gasteiger charge is -2.29. The maximum absolute atomic E-state index is 13.3. The molecule has 2 aromatic rings. The van der Waals surface area contributed by atoms with Gasteiger partial charge in [0.15, 0.2) is 0 Å². The van der Waals surface area contributed by atoms with Crippen molar-refractivity contribution in [2.24, 2.45) is 0 Å². The standard InChI is InChI=1S/C22H23F3N2O3/c1-21(2,3)30-20(28)27-13-10-15(11-14-27)16-7-6-12-26-19(16)29-18-9-5-4-8-17(18)22(23,24)25/h4-10,12H,11,13-14H2,1-3H3. The molecule has 160 valence electrons. The van der Waals surface area contributed by atoms with Crippen molar-refractivity contribution in [1.29, 1.82) is 0 Å². The lowest BCUT2D eigenvalue weighted by Crippen LogP contribution is -2.39. The van der Waals surface area contributed by atoms with Gasteiger partial charge < -0.3 is 14.4 Å². The summed E-state index contributed by atoms with van der Waals surface area (Å²) in [4.78, 5) is 17.9. The maximum atomic E-state index is 13.3. The smallest absolute Gasteiger partial charge is 0.419 e. The van der Waals surface area contributed by atoms with Crippen molar-refractivity contribution in [3.8, 4) is 11.6 Å². The highest BCUT2D eigenvalue weighted by molar-refractivity contribution is 5.74. The predicted octanol–water partition coefficient (Wildman–Crippen LogP) is 5.92. The summed E-state index contributed by atoms with van der Waals surface area (Å²) in [7, 11) is 0. The number of hydrogen-bond acceptors (Lipinski definition) is 4. The first kappa shape index (κ1) is 21.7. The summed E-state index contributed by atoms with van der Waals surface area (Å²) in [5.74, 6) is -0.220. The molecule has 2 heterocycles. The third kappa shape index (κ3) is 5.31. The number of rotatable bonds is 3. The zero-order chi connectivity index (χ0) is 21.9. The molecule has 1 amide bonds. The molecule has 0 fully saturated rings. The number of pyridine rings is 1. The van der Waals surface area contributed by atoms with Gasteiger partial charge in [0.25, 0.3) is 0 Å². The molecule has 0 saturated heterocycles. The molecule has 0 radical (unpaired) electrons. The highest BCUT2D eigenvalue weighted by atomic mass is 19.4. The summed E-state index contributed by atoms with van der Waals surface area (Å²) in [6.07, 6.45) is -1.14. The van der Waals surface area contributed by atoms with Crippen LogP contribution in [-0.4, -0.2) is 34.7 Å². The first-order valence-electron chi connectivity index (χ1n) is 9.51. The lowest BCUT2D eigenvalue weighted by atomic mass is 10.0. The maximum Gasteiger partial charge on any atom is 0.419 e. The van der Waals surface area contributed by atoms with Crippen molar-refractivity contribution >= 4 is 11.7 Å². The molecule has 8 heteroatoms. The van der Waals surface area contributed by atoms with Crippen molar-refractivity contribution in [3.05, 3.63) is 59.8 Å². The van der Waals surface area contributed by atoms with Gasteiger partial charge in [-0.05, 0) is 57.0 Å². The molecule has 1 aliphatic rings. The Morgan fingerprint density at radius 3 is 2.47 bits per heavy atom. The molecule has 1 aromatic heterocycles. The third-order valence-corrected chi connectivity index (χ3v) is 4.38. The van der Waals surface area contributed by atoms with E-state index in [1.54, 1.807) is 37.8 Å². The number of benzene rings is 1. The van der Waals surface area contributed by atoms with E-state index in [1.807, 2.05) is 6.08 Å². The first-order chi connectivity index (χ1) is 14.0. The van der Waals surface area contributed by atoms with Crippen molar-refractivity contribution in [3.63, 3.8) is 0 Å². The third-order valence-electron chi connectivity index (χ3n) is 4.38. The summed E-state index contributed by atoms with van der Waals surface area (Å²) in [6.45, 7) is 6.16. The second kappa shape index (κ2) is 8.38. The Hall–Kier alpha value is -3.03. The van der Waals surface area contributed by atoms with Gasteiger partial charge in [0.1, 0.15) is 11.4 Å². The fourth-order valence-corrected chi connectivity index (χ4v) is 3.02. The average molecular weight is 420 g/mol. The summed E-state index contributed by atoms with van der Waals surface area (Å²) in [6, 6.07) is 8.46. The number of carbonyl (C=O) groups excluding carboxylic acids is 1. The Balaban J connectivity index is 1.82. The predicted molar refractivity (Wildman–Crippen MR) is 106 cm³/mol. The second-order valence-corrected chi connectivity index (χ2v) is 7.86. The van der Waals surface area contributed by atoms with Crippen LogP contribution in [-0.2, 0) is 10.9 Å². The topological polar surface area (TPSA) is 51.7 Å². The number of hydrogen-bond donors (Lipinski definition) is 0. The van der Waals surface area contributed by atoms with E-state index < -0.39 is 23.4 Å². The lowest BCUT2D eigenvalue weighted by molar-refractivity contribution is -0.138. The van der Waals surface area contributed by atoms with Gasteiger partial charge in [0, 0.05) is 24.8 Å². The van der Waals surface area contributed by atoms with Crippen LogP contribution >= 0.6 is 0 Å². The van der Waals surface area contributed by atoms with Gasteiger partial charge in [-0.3, -0.25) is 0 Å². The number of amides is 1. The fraction of sp³-hybridized carbons (Fsp3) is 0.364. The molecule has 0 unspecified atom stereocenters. The van der Waals surface area contributed by atoms with Crippen molar-refractivity contribution < 1.29 is 27.4 Å². The van der Waals surface area contributed by atoms with Crippen LogP contribution in [0.5, 0.6) is 11.6 Å². The molecular weight excluding hydrogens is 397 g/mol. The molecule has 30 heavy (non-hydrogen) atoms.